The molecule has 1 aliphatic heterocycles. The highest BCUT2D eigenvalue weighted by Crippen LogP contribution is 2.28. The van der Waals surface area contributed by atoms with Crippen molar-refractivity contribution in [3.05, 3.63) is 54.7 Å². The largest absolute Gasteiger partial charge is 0.495 e. The van der Waals surface area contributed by atoms with Gasteiger partial charge in [0.15, 0.2) is 11.5 Å². The highest BCUT2D eigenvalue weighted by atomic mass is 16.5. The maximum absolute atomic E-state index is 11.9. The van der Waals surface area contributed by atoms with Crippen molar-refractivity contribution in [1.29, 1.82) is 0 Å². The van der Waals surface area contributed by atoms with Crippen molar-refractivity contribution in [1.82, 2.24) is 15.5 Å². The van der Waals surface area contributed by atoms with Crippen LogP contribution in [0.5, 0.6) is 5.75 Å². The molecule has 2 heterocycles. The van der Waals surface area contributed by atoms with Crippen molar-refractivity contribution in [2.45, 2.75) is 0 Å². The number of para-hydroxylation sites is 2. The molecule has 3 rings (SSSR count). The van der Waals surface area contributed by atoms with Gasteiger partial charge < -0.3 is 19.9 Å². The third-order valence-electron chi connectivity index (χ3n) is 4.32. The van der Waals surface area contributed by atoms with Gasteiger partial charge in [-0.05, 0) is 24.3 Å². The van der Waals surface area contributed by atoms with Gasteiger partial charge in [0.25, 0.3) is 5.91 Å². The van der Waals surface area contributed by atoms with Gasteiger partial charge in [-0.25, -0.2) is 0 Å². The van der Waals surface area contributed by atoms with Crippen LogP contribution in [-0.2, 0) is 0 Å². The molecule has 136 valence electrons. The van der Waals surface area contributed by atoms with E-state index in [1.165, 1.54) is 0 Å². The molecule has 1 saturated heterocycles. The van der Waals surface area contributed by atoms with E-state index in [9.17, 15) is 4.79 Å². The third-order valence-corrected chi connectivity index (χ3v) is 4.32. The molecule has 7 heteroatoms. The fourth-order valence-electron chi connectivity index (χ4n) is 2.94. The van der Waals surface area contributed by atoms with E-state index in [-0.39, 0.29) is 5.91 Å². The molecule has 1 fully saturated rings. The molecule has 1 aromatic carbocycles. The molecule has 0 unspecified atom stereocenters. The summed E-state index contributed by atoms with van der Waals surface area (Å²) < 4.78 is 5.45. The van der Waals surface area contributed by atoms with Crippen LogP contribution in [0.2, 0.25) is 0 Å². The lowest BCUT2D eigenvalue weighted by atomic mass is 10.2. The maximum Gasteiger partial charge on any atom is 0.272 e. The maximum atomic E-state index is 11.9. The highest BCUT2D eigenvalue weighted by molar-refractivity contribution is 5.92. The summed E-state index contributed by atoms with van der Waals surface area (Å²) >= 11 is 0. The van der Waals surface area contributed by atoms with E-state index in [0.717, 1.165) is 43.4 Å². The Morgan fingerprint density at radius 1 is 1.15 bits per heavy atom. The van der Waals surface area contributed by atoms with Crippen LogP contribution in [0.1, 0.15) is 10.5 Å². The summed E-state index contributed by atoms with van der Waals surface area (Å²) in [4.78, 5) is 16.3. The van der Waals surface area contributed by atoms with Gasteiger partial charge in [-0.1, -0.05) is 18.2 Å². The summed E-state index contributed by atoms with van der Waals surface area (Å²) in [6.07, 6.45) is 1.63. The molecule has 1 amide bonds. The van der Waals surface area contributed by atoms with Crippen LogP contribution in [0.15, 0.2) is 49.1 Å². The van der Waals surface area contributed by atoms with Crippen LogP contribution in [0.25, 0.3) is 0 Å². The Balaban J connectivity index is 1.61. The van der Waals surface area contributed by atoms with Crippen LogP contribution in [-0.4, -0.2) is 55.9 Å². The van der Waals surface area contributed by atoms with E-state index in [4.69, 9.17) is 4.74 Å². The predicted octanol–water partition coefficient (Wildman–Crippen LogP) is 1.73. The van der Waals surface area contributed by atoms with Gasteiger partial charge in [0.2, 0.25) is 0 Å². The molecule has 0 atom stereocenters. The lowest BCUT2D eigenvalue weighted by molar-refractivity contribution is 0.0952. The van der Waals surface area contributed by atoms with Crippen molar-refractivity contribution in [3.63, 3.8) is 0 Å². The van der Waals surface area contributed by atoms with Crippen molar-refractivity contribution < 1.29 is 9.53 Å². The second-order valence-electron chi connectivity index (χ2n) is 5.92. The average molecular weight is 353 g/mol. The van der Waals surface area contributed by atoms with Crippen LogP contribution < -0.4 is 19.9 Å². The molecule has 0 saturated carbocycles. The number of ether oxygens (including phenoxy) is 1. The molecule has 2 aromatic rings. The number of carbonyl (C=O) groups excluding carboxylic acids is 1. The lowest BCUT2D eigenvalue weighted by Gasteiger charge is -2.37. The minimum atomic E-state index is -0.245. The SMILES string of the molecule is C=CCNC(=O)c1ccc(N2CCN(c3ccccc3OC)CC2)nn1. The quantitative estimate of drug-likeness (QED) is 0.798. The molecule has 26 heavy (non-hydrogen) atoms. The predicted molar refractivity (Wildman–Crippen MR) is 102 cm³/mol. The van der Waals surface area contributed by atoms with Crippen molar-refractivity contribution in [3.8, 4) is 5.75 Å². The molecule has 1 aromatic heterocycles. The average Bonchev–Trinajstić information content (AvgIpc) is 2.72. The summed E-state index contributed by atoms with van der Waals surface area (Å²) in [5.74, 6) is 1.42. The van der Waals surface area contributed by atoms with Crippen molar-refractivity contribution >= 4 is 17.4 Å². The van der Waals surface area contributed by atoms with Crippen LogP contribution in [0.3, 0.4) is 0 Å². The minimum Gasteiger partial charge on any atom is -0.495 e. The van der Waals surface area contributed by atoms with Crippen LogP contribution in [0, 0.1) is 0 Å². The molecule has 0 bridgehead atoms. The van der Waals surface area contributed by atoms with Crippen molar-refractivity contribution in [2.75, 3.05) is 49.6 Å². The minimum absolute atomic E-state index is 0.245. The number of nitrogens with one attached hydrogen (secondary N) is 1. The zero-order valence-corrected chi connectivity index (χ0v) is 14.9. The number of nitrogens with zero attached hydrogens (tertiary/aromatic N) is 4. The molecule has 1 aliphatic rings. The molecule has 0 aliphatic carbocycles. The van der Waals surface area contributed by atoms with Gasteiger partial charge in [0.05, 0.1) is 12.8 Å². The standard InChI is InChI=1S/C19H23N5O2/c1-3-10-20-19(25)15-8-9-18(22-21-15)24-13-11-23(12-14-24)16-6-4-5-7-17(16)26-2/h3-9H,1,10-14H2,2H3,(H,20,25). The molecule has 0 spiro atoms. The van der Waals surface area contributed by atoms with Gasteiger partial charge in [-0.15, -0.1) is 16.8 Å². The lowest BCUT2D eigenvalue weighted by Crippen LogP contribution is -2.47. The first-order valence-corrected chi connectivity index (χ1v) is 8.58. The van der Waals surface area contributed by atoms with E-state index in [2.05, 4.69) is 38.0 Å². The summed E-state index contributed by atoms with van der Waals surface area (Å²) in [5, 5.41) is 10.9. The molecular formula is C19H23N5O2. The van der Waals surface area contributed by atoms with Gasteiger partial charge in [-0.3, -0.25) is 4.79 Å². The number of benzene rings is 1. The number of amides is 1. The fraction of sp³-hybridized carbons (Fsp3) is 0.316. The molecule has 7 nitrogen and oxygen atoms in total. The third kappa shape index (κ3) is 3.93. The number of methoxy groups -OCH3 is 1. The second-order valence-corrected chi connectivity index (χ2v) is 5.92. The highest BCUT2D eigenvalue weighted by Gasteiger charge is 2.21. The summed E-state index contributed by atoms with van der Waals surface area (Å²) in [7, 11) is 1.69. The zero-order chi connectivity index (χ0) is 18.4. The molecular weight excluding hydrogens is 330 g/mol. The Morgan fingerprint density at radius 2 is 1.88 bits per heavy atom. The second kappa shape index (κ2) is 8.33. The first kappa shape index (κ1) is 17.7. The Bertz CT molecular complexity index is 755. The topological polar surface area (TPSA) is 70.6 Å². The molecule has 0 radical (unpaired) electrons. The molecule has 1 N–H and O–H groups in total. The first-order chi connectivity index (χ1) is 12.7. The summed E-state index contributed by atoms with van der Waals surface area (Å²) in [6, 6.07) is 11.6. The zero-order valence-electron chi connectivity index (χ0n) is 14.9. The van der Waals surface area contributed by atoms with E-state index in [1.807, 2.05) is 24.3 Å². The number of rotatable bonds is 6. The van der Waals surface area contributed by atoms with E-state index in [0.29, 0.717) is 12.2 Å². The Morgan fingerprint density at radius 3 is 2.54 bits per heavy atom. The summed E-state index contributed by atoms with van der Waals surface area (Å²) in [5.41, 5.74) is 1.42. The van der Waals surface area contributed by atoms with Gasteiger partial charge >= 0.3 is 0 Å². The van der Waals surface area contributed by atoms with Gasteiger partial charge in [-0.2, -0.15) is 0 Å². The smallest absolute Gasteiger partial charge is 0.272 e. The van der Waals surface area contributed by atoms with E-state index >= 15 is 0 Å². The van der Waals surface area contributed by atoms with Gasteiger partial charge in [0, 0.05) is 32.7 Å². The van der Waals surface area contributed by atoms with Gasteiger partial charge in [0.1, 0.15) is 5.75 Å². The number of aromatic nitrogens is 2. The number of anilines is 2. The first-order valence-electron chi connectivity index (χ1n) is 8.58. The number of carbonyl (C=O) groups is 1. The van der Waals surface area contributed by atoms with Crippen LogP contribution >= 0.6 is 0 Å². The van der Waals surface area contributed by atoms with E-state index < -0.39 is 0 Å². The Labute approximate surface area is 153 Å². The number of hydrogen-bond donors (Lipinski definition) is 1. The van der Waals surface area contributed by atoms with E-state index in [1.54, 1.807) is 19.3 Å². The summed E-state index contributed by atoms with van der Waals surface area (Å²) in [6.45, 7) is 7.37. The fourth-order valence-corrected chi connectivity index (χ4v) is 2.94. The van der Waals surface area contributed by atoms with Crippen LogP contribution in [0.4, 0.5) is 11.5 Å². The number of hydrogen-bond acceptors (Lipinski definition) is 6. The monoisotopic (exact) mass is 353 g/mol. The Hall–Kier alpha value is -3.09. The normalized spacial score (nSPS) is 14.0. The Kier molecular flexibility index (Phi) is 5.68. The van der Waals surface area contributed by atoms with Crippen molar-refractivity contribution in [2.24, 2.45) is 0 Å². The number of piperazine rings is 1.